The SMILES string of the molecule is COc1cc(F)ccc1[C@H]1[C@H](C(=O)Nc2ccnc(C(=O)NCCCOCCCNI)c2)O[C@@](C)(C(F)(F)F)[C@H]1C. The van der Waals surface area contributed by atoms with Crippen molar-refractivity contribution in [1.82, 2.24) is 13.8 Å². The third-order valence-corrected chi connectivity index (χ3v) is 7.59. The molecule has 1 aliphatic heterocycles. The number of nitrogens with zero attached hydrogens (tertiary/aromatic N) is 1. The molecule has 1 saturated heterocycles. The van der Waals surface area contributed by atoms with Gasteiger partial charge in [-0.2, -0.15) is 13.2 Å². The standard InChI is InChI=1S/C27H33F4IN4O5/c1-16-22(19-7-6-17(28)14-21(19)39-3)23(41-26(16,2)27(29,30)31)25(38)36-18-8-11-33-20(15-18)24(37)34-9-4-12-40-13-5-10-35-32/h6-8,11,14-16,22-23,35H,4-5,9-10,12-13H2,1-3H3,(H,34,37)(H,33,36,38)/t16-,22-,23+,26+/m0/s1. The van der Waals surface area contributed by atoms with Crippen LogP contribution in [0.4, 0.5) is 23.2 Å². The first-order chi connectivity index (χ1) is 19.4. The number of alkyl halides is 3. The molecule has 4 atom stereocenters. The largest absolute Gasteiger partial charge is 0.496 e. The summed E-state index contributed by atoms with van der Waals surface area (Å²) in [6.45, 7) is 4.47. The second-order valence-electron chi connectivity index (χ2n) is 9.72. The highest BCUT2D eigenvalue weighted by molar-refractivity contribution is 14.1. The zero-order valence-electron chi connectivity index (χ0n) is 22.8. The maximum absolute atomic E-state index is 14.1. The van der Waals surface area contributed by atoms with Gasteiger partial charge in [0.1, 0.15) is 23.4 Å². The number of ether oxygens (including phenoxy) is 3. The molecule has 0 spiro atoms. The number of anilines is 1. The lowest BCUT2D eigenvalue weighted by Gasteiger charge is -2.32. The number of benzene rings is 1. The molecule has 9 nitrogen and oxygen atoms in total. The Labute approximate surface area is 249 Å². The summed E-state index contributed by atoms with van der Waals surface area (Å²) >= 11 is 2.06. The normalized spacial score (nSPS) is 22.4. The number of rotatable bonds is 13. The van der Waals surface area contributed by atoms with E-state index in [0.29, 0.717) is 26.2 Å². The van der Waals surface area contributed by atoms with Gasteiger partial charge in [-0.15, -0.1) is 0 Å². The first kappa shape index (κ1) is 32.9. The van der Waals surface area contributed by atoms with Crippen LogP contribution < -0.4 is 18.9 Å². The van der Waals surface area contributed by atoms with Gasteiger partial charge in [0, 0.05) is 84.5 Å². The van der Waals surface area contributed by atoms with Crippen LogP contribution in [0.1, 0.15) is 48.7 Å². The van der Waals surface area contributed by atoms with E-state index in [1.807, 2.05) is 0 Å². The molecule has 1 aromatic heterocycles. The van der Waals surface area contributed by atoms with Crippen LogP contribution in [0, 0.1) is 11.7 Å². The average molecular weight is 696 g/mol. The van der Waals surface area contributed by atoms with Gasteiger partial charge in [0.2, 0.25) is 0 Å². The zero-order chi connectivity index (χ0) is 30.2. The summed E-state index contributed by atoms with van der Waals surface area (Å²) in [5, 5.41) is 5.26. The number of aromatic nitrogens is 1. The predicted molar refractivity (Wildman–Crippen MR) is 151 cm³/mol. The van der Waals surface area contributed by atoms with Crippen LogP contribution in [0.15, 0.2) is 36.5 Å². The fourth-order valence-corrected chi connectivity index (χ4v) is 5.02. The van der Waals surface area contributed by atoms with Gasteiger partial charge in [-0.25, -0.2) is 4.39 Å². The Morgan fingerprint density at radius 3 is 2.51 bits per heavy atom. The lowest BCUT2D eigenvalue weighted by molar-refractivity contribution is -0.272. The highest BCUT2D eigenvalue weighted by Gasteiger charge is 2.65. The van der Waals surface area contributed by atoms with E-state index in [4.69, 9.17) is 14.2 Å². The molecule has 226 valence electrons. The molecule has 1 aliphatic rings. The number of nitrogens with one attached hydrogen (secondary N) is 3. The Balaban J connectivity index is 1.73. The van der Waals surface area contributed by atoms with Gasteiger partial charge in [0.15, 0.2) is 5.60 Å². The number of pyridine rings is 1. The molecule has 0 bridgehead atoms. The molecule has 2 aromatic rings. The minimum Gasteiger partial charge on any atom is -0.496 e. The van der Waals surface area contributed by atoms with E-state index in [-0.39, 0.29) is 22.7 Å². The van der Waals surface area contributed by atoms with Crippen molar-refractivity contribution in [3.8, 4) is 5.75 Å². The van der Waals surface area contributed by atoms with Crippen molar-refractivity contribution >= 4 is 40.4 Å². The third-order valence-electron chi connectivity index (χ3n) is 7.05. The average Bonchev–Trinajstić information content (AvgIpc) is 3.21. The molecule has 0 unspecified atom stereocenters. The van der Waals surface area contributed by atoms with E-state index < -0.39 is 47.3 Å². The Morgan fingerprint density at radius 2 is 1.85 bits per heavy atom. The summed E-state index contributed by atoms with van der Waals surface area (Å²) in [7, 11) is 1.26. The summed E-state index contributed by atoms with van der Waals surface area (Å²) in [6, 6.07) is 6.15. The maximum atomic E-state index is 14.1. The molecule has 0 aliphatic carbocycles. The highest BCUT2D eigenvalue weighted by atomic mass is 127. The van der Waals surface area contributed by atoms with Crippen LogP contribution in [0.25, 0.3) is 0 Å². The van der Waals surface area contributed by atoms with Gasteiger partial charge in [-0.3, -0.25) is 18.1 Å². The highest BCUT2D eigenvalue weighted by Crippen LogP contribution is 2.54. The number of halogens is 5. The maximum Gasteiger partial charge on any atom is 0.417 e. The topological polar surface area (TPSA) is 111 Å². The molecule has 0 radical (unpaired) electrons. The Bertz CT molecular complexity index is 1200. The van der Waals surface area contributed by atoms with Crippen LogP contribution in [0.2, 0.25) is 0 Å². The quantitative estimate of drug-likeness (QED) is 0.120. The second-order valence-corrected chi connectivity index (χ2v) is 10.5. The van der Waals surface area contributed by atoms with Crippen LogP contribution in [0.3, 0.4) is 0 Å². The molecular weight excluding hydrogens is 663 g/mol. The Morgan fingerprint density at radius 1 is 1.15 bits per heavy atom. The van der Waals surface area contributed by atoms with E-state index >= 15 is 0 Å². The van der Waals surface area contributed by atoms with Gasteiger partial charge >= 0.3 is 6.18 Å². The van der Waals surface area contributed by atoms with Gasteiger partial charge in [-0.05, 0) is 38.0 Å². The Kier molecular flexibility index (Phi) is 11.7. The first-order valence-corrected chi connectivity index (χ1v) is 14.0. The molecule has 2 heterocycles. The van der Waals surface area contributed by atoms with Gasteiger partial charge in [-0.1, -0.05) is 13.0 Å². The van der Waals surface area contributed by atoms with Crippen molar-refractivity contribution in [3.63, 3.8) is 0 Å². The van der Waals surface area contributed by atoms with Crippen LogP contribution >= 0.6 is 22.9 Å². The first-order valence-electron chi connectivity index (χ1n) is 13.0. The Hall–Kier alpha value is -2.56. The summed E-state index contributed by atoms with van der Waals surface area (Å²) in [5.74, 6) is -4.35. The van der Waals surface area contributed by atoms with E-state index in [2.05, 4.69) is 42.0 Å². The summed E-state index contributed by atoms with van der Waals surface area (Å²) < 4.78 is 75.4. The molecule has 2 amide bonds. The predicted octanol–water partition coefficient (Wildman–Crippen LogP) is 4.77. The summed E-state index contributed by atoms with van der Waals surface area (Å²) in [4.78, 5) is 30.0. The zero-order valence-corrected chi connectivity index (χ0v) is 25.0. The number of carbonyl (C=O) groups is 2. The number of amides is 2. The van der Waals surface area contributed by atoms with Crippen molar-refractivity contribution in [2.24, 2.45) is 5.92 Å². The van der Waals surface area contributed by atoms with Crippen molar-refractivity contribution in [2.75, 3.05) is 38.7 Å². The molecule has 3 rings (SSSR count). The van der Waals surface area contributed by atoms with E-state index in [0.717, 1.165) is 32.0 Å². The van der Waals surface area contributed by atoms with Crippen LogP contribution in [-0.2, 0) is 14.3 Å². The lowest BCUT2D eigenvalue weighted by Crippen LogP contribution is -2.47. The molecule has 1 aromatic carbocycles. The summed E-state index contributed by atoms with van der Waals surface area (Å²) in [5.41, 5.74) is -2.31. The second kappa shape index (κ2) is 14.6. The van der Waals surface area contributed by atoms with Crippen LogP contribution in [-0.4, -0.2) is 68.1 Å². The molecule has 41 heavy (non-hydrogen) atoms. The monoisotopic (exact) mass is 696 g/mol. The van der Waals surface area contributed by atoms with Gasteiger partial charge in [0.05, 0.1) is 7.11 Å². The van der Waals surface area contributed by atoms with Crippen molar-refractivity contribution in [1.29, 1.82) is 0 Å². The number of methoxy groups -OCH3 is 1. The molecule has 14 heteroatoms. The van der Waals surface area contributed by atoms with Crippen molar-refractivity contribution in [2.45, 2.75) is 50.5 Å². The van der Waals surface area contributed by atoms with E-state index in [1.165, 1.54) is 38.4 Å². The fraction of sp³-hybridized carbons (Fsp3) is 0.519. The van der Waals surface area contributed by atoms with Gasteiger partial charge in [0.25, 0.3) is 11.8 Å². The molecule has 1 fully saturated rings. The van der Waals surface area contributed by atoms with Crippen molar-refractivity contribution in [3.05, 3.63) is 53.6 Å². The van der Waals surface area contributed by atoms with Gasteiger partial charge < -0.3 is 24.8 Å². The minimum absolute atomic E-state index is 0.000543. The molecular formula is C27H33F4IN4O5. The molecule has 3 N–H and O–H groups in total. The van der Waals surface area contributed by atoms with Crippen molar-refractivity contribution < 1.29 is 41.4 Å². The fourth-order valence-electron chi connectivity index (χ4n) is 4.64. The number of hydrogen-bond donors (Lipinski definition) is 3. The minimum atomic E-state index is -4.80. The third kappa shape index (κ3) is 8.05. The van der Waals surface area contributed by atoms with E-state index in [1.54, 1.807) is 0 Å². The molecule has 0 saturated carbocycles. The lowest BCUT2D eigenvalue weighted by atomic mass is 9.77. The van der Waals surface area contributed by atoms with E-state index in [9.17, 15) is 27.2 Å². The number of hydrogen-bond acceptors (Lipinski definition) is 7. The summed E-state index contributed by atoms with van der Waals surface area (Å²) in [6.07, 6.45) is -3.65. The smallest absolute Gasteiger partial charge is 0.417 e. The van der Waals surface area contributed by atoms with Crippen LogP contribution in [0.5, 0.6) is 5.75 Å². The number of carbonyl (C=O) groups excluding carboxylic acids is 2.